The molecular weight excluding hydrogens is 936 g/mol. The molecule has 0 radical (unpaired) electrons. The van der Waals surface area contributed by atoms with Gasteiger partial charge in [-0.25, -0.2) is 27.3 Å². The number of hydrogen-bond donors (Lipinski definition) is 5. The molecule has 18 nitrogen and oxygen atoms in total. The predicted octanol–water partition coefficient (Wildman–Crippen LogP) is 8.20. The Bertz CT molecular complexity index is 2990. The van der Waals surface area contributed by atoms with Gasteiger partial charge < -0.3 is 39.8 Å². The van der Waals surface area contributed by atoms with E-state index in [9.17, 15) is 42.7 Å². The van der Waals surface area contributed by atoms with E-state index in [1.165, 1.54) is 29.5 Å². The van der Waals surface area contributed by atoms with Crippen LogP contribution in [0, 0.1) is 27.3 Å². The summed E-state index contributed by atoms with van der Waals surface area (Å²) in [6.45, 7) is 10.3. The van der Waals surface area contributed by atoms with Crippen LogP contribution in [0.1, 0.15) is 99.0 Å². The van der Waals surface area contributed by atoms with E-state index in [4.69, 9.17) is 9.47 Å². The minimum Gasteiger partial charge on any atom is -0.489 e. The van der Waals surface area contributed by atoms with Crippen molar-refractivity contribution in [1.82, 2.24) is 24.5 Å². The zero-order valence-electron chi connectivity index (χ0n) is 39.9. The van der Waals surface area contributed by atoms with E-state index < -0.39 is 48.9 Å². The molecule has 1 saturated carbocycles. The van der Waals surface area contributed by atoms with Crippen LogP contribution in [0.15, 0.2) is 78.0 Å². The number of nitrogens with zero attached hydrogens (tertiary/aromatic N) is 5. The number of hydrogen-bond acceptors (Lipinski definition) is 13. The summed E-state index contributed by atoms with van der Waals surface area (Å²) in [7, 11) is -4.75. The molecule has 5 aromatic rings. The summed E-state index contributed by atoms with van der Waals surface area (Å²) in [5.74, 6) is -1.20. The van der Waals surface area contributed by atoms with Gasteiger partial charge in [0.25, 0.3) is 21.6 Å². The second kappa shape index (κ2) is 18.6. The Morgan fingerprint density at radius 2 is 1.77 bits per heavy atom. The Balaban J connectivity index is 0.865. The molecule has 71 heavy (non-hydrogen) atoms. The van der Waals surface area contributed by atoms with Gasteiger partial charge in [-0.1, -0.05) is 38.1 Å². The van der Waals surface area contributed by atoms with Crippen LogP contribution in [-0.2, 0) is 10.0 Å². The fourth-order valence-corrected chi connectivity index (χ4v) is 12.6. The maximum absolute atomic E-state index is 14.7. The van der Waals surface area contributed by atoms with Crippen LogP contribution in [0.3, 0.4) is 0 Å². The molecule has 10 rings (SSSR count). The molecule has 1 aliphatic carbocycles. The normalized spacial score (nSPS) is 24.4. The standard InChI is InChI=1S/C51H59FN8O10S/c1-30(2)35-6-4-5-7-36(35)39-26-58(49(62)63)17-12-42(39)59-28-51(29-59)15-18-57(19-16-51)32-8-9-37(44(20-32)70-33-21-38-40(52)25-54-47(38)53-24-33)48(61)56-71(67,68)34-22-43(60(65)66)46-45(23-34)69-27-41(55-46)31-10-13-50(3,64)14-11-31/h4-9,20-25,30-31,39,41-42,55,64H,10-19,26-29H2,1-3H3,(H,53,54)(H,56,61)(H,62,63)/t31?,39-,41?,42-,50?/m1/s1. The lowest BCUT2D eigenvalue weighted by molar-refractivity contribution is -0.384. The average molecular weight is 995 g/mol. The third-order valence-electron chi connectivity index (χ3n) is 15.7. The van der Waals surface area contributed by atoms with Crippen LogP contribution >= 0.6 is 0 Å². The maximum atomic E-state index is 14.7. The first-order valence-corrected chi connectivity index (χ1v) is 25.9. The number of benzene rings is 3. The van der Waals surface area contributed by atoms with Crippen LogP contribution < -0.4 is 24.4 Å². The number of fused-ring (bicyclic) bond motifs is 2. The van der Waals surface area contributed by atoms with Gasteiger partial charge in [-0.15, -0.1) is 0 Å². The highest BCUT2D eigenvalue weighted by atomic mass is 32.2. The number of aliphatic hydroxyl groups is 1. The Kier molecular flexibility index (Phi) is 12.6. The third-order valence-corrected chi connectivity index (χ3v) is 17.0. The summed E-state index contributed by atoms with van der Waals surface area (Å²) < 4.78 is 57.0. The van der Waals surface area contributed by atoms with Gasteiger partial charge in [-0.2, -0.15) is 0 Å². The van der Waals surface area contributed by atoms with E-state index in [1.807, 2.05) is 12.1 Å². The number of sulfonamides is 1. The van der Waals surface area contributed by atoms with Crippen molar-refractivity contribution in [3.05, 3.63) is 106 Å². The number of nitro benzene ring substituents is 1. The second-order valence-electron chi connectivity index (χ2n) is 20.8. The van der Waals surface area contributed by atoms with E-state index in [0.717, 1.165) is 50.7 Å². The van der Waals surface area contributed by atoms with Crippen LogP contribution in [0.25, 0.3) is 11.0 Å². The number of aromatic nitrogens is 2. The molecule has 4 aliphatic heterocycles. The molecule has 2 aromatic heterocycles. The topological polar surface area (TPSA) is 233 Å². The summed E-state index contributed by atoms with van der Waals surface area (Å²) in [5.41, 5.74) is 2.09. The number of rotatable bonds is 11. The second-order valence-corrected chi connectivity index (χ2v) is 22.4. The first-order valence-electron chi connectivity index (χ1n) is 24.4. The zero-order valence-corrected chi connectivity index (χ0v) is 40.7. The number of nitrogens with one attached hydrogen (secondary N) is 3. The molecule has 376 valence electrons. The Morgan fingerprint density at radius 1 is 1.03 bits per heavy atom. The molecule has 6 heterocycles. The van der Waals surface area contributed by atoms with Crippen LogP contribution in [0.5, 0.6) is 17.2 Å². The molecule has 20 heteroatoms. The molecular formula is C51H59FN8O10S. The lowest BCUT2D eigenvalue weighted by Gasteiger charge is -2.59. The molecule has 3 aromatic carbocycles. The molecule has 1 spiro atoms. The van der Waals surface area contributed by atoms with Crippen LogP contribution in [0.4, 0.5) is 26.2 Å². The number of carbonyl (C=O) groups is 2. The lowest BCUT2D eigenvalue weighted by atomic mass is 9.69. The lowest BCUT2D eigenvalue weighted by Crippen LogP contribution is -2.65. The zero-order chi connectivity index (χ0) is 50.0. The average Bonchev–Trinajstić information content (AvgIpc) is 3.71. The van der Waals surface area contributed by atoms with Crippen molar-refractivity contribution >= 4 is 50.1 Å². The molecule has 3 atom stereocenters. The van der Waals surface area contributed by atoms with Crippen LogP contribution in [-0.4, -0.2) is 119 Å². The summed E-state index contributed by atoms with van der Waals surface area (Å²) in [5, 5.41) is 36.2. The highest BCUT2D eigenvalue weighted by Gasteiger charge is 2.50. The smallest absolute Gasteiger partial charge is 0.407 e. The quantitative estimate of drug-likeness (QED) is 0.0620. The number of H-pyrrole nitrogens is 1. The highest BCUT2D eigenvalue weighted by Crippen LogP contribution is 2.48. The van der Waals surface area contributed by atoms with Crippen molar-refractivity contribution < 1.29 is 47.0 Å². The van der Waals surface area contributed by atoms with E-state index in [2.05, 4.69) is 55.8 Å². The van der Waals surface area contributed by atoms with Gasteiger partial charge in [0, 0.05) is 81.3 Å². The minimum atomic E-state index is -4.75. The van der Waals surface area contributed by atoms with Crippen molar-refractivity contribution in [3.8, 4) is 17.2 Å². The number of ether oxygens (including phenoxy) is 2. The number of nitro groups is 1. The summed E-state index contributed by atoms with van der Waals surface area (Å²) in [4.78, 5) is 50.7. The monoisotopic (exact) mass is 994 g/mol. The number of pyridine rings is 1. The minimum absolute atomic E-state index is 0.0259. The van der Waals surface area contributed by atoms with Crippen molar-refractivity contribution in [1.29, 1.82) is 0 Å². The molecule has 0 bridgehead atoms. The first kappa shape index (κ1) is 48.1. The van der Waals surface area contributed by atoms with Gasteiger partial charge in [0.15, 0.2) is 11.4 Å². The highest BCUT2D eigenvalue weighted by molar-refractivity contribution is 7.90. The van der Waals surface area contributed by atoms with Gasteiger partial charge >= 0.3 is 6.09 Å². The Labute approximate surface area is 410 Å². The summed E-state index contributed by atoms with van der Waals surface area (Å²) in [6.07, 6.45) is 6.65. The SMILES string of the molecule is CC(C)c1ccccc1[C@H]1CN(C(=O)O)CC[C@H]1N1CC2(CCN(c3ccc(C(=O)NS(=O)(=O)c4cc5c(c([N+](=O)[O-])c4)NC(C4CCC(C)(O)CC4)CO5)c(Oc4cnc5[nH]cc(F)c5c4)c3)CC2)C1. The van der Waals surface area contributed by atoms with Gasteiger partial charge in [-0.3, -0.25) is 19.8 Å². The molecule has 4 fully saturated rings. The van der Waals surface area contributed by atoms with Gasteiger partial charge in [0.2, 0.25) is 0 Å². The summed E-state index contributed by atoms with van der Waals surface area (Å²) in [6, 6.07) is 16.6. The Hall–Kier alpha value is -6.51. The number of piperidine rings is 2. The number of carboxylic acid groups (broad SMARTS) is 1. The number of amides is 2. The summed E-state index contributed by atoms with van der Waals surface area (Å²) >= 11 is 0. The largest absolute Gasteiger partial charge is 0.489 e. The first-order chi connectivity index (χ1) is 33.9. The van der Waals surface area contributed by atoms with E-state index in [-0.39, 0.29) is 75.5 Å². The van der Waals surface area contributed by atoms with E-state index >= 15 is 0 Å². The molecule has 2 amide bonds. The van der Waals surface area contributed by atoms with E-state index in [0.29, 0.717) is 63.5 Å². The van der Waals surface area contributed by atoms with Gasteiger partial charge in [0.1, 0.15) is 29.6 Å². The fraction of sp³-hybridized carbons (Fsp3) is 0.471. The van der Waals surface area contributed by atoms with Crippen LogP contribution in [0.2, 0.25) is 0 Å². The number of anilines is 2. The van der Waals surface area contributed by atoms with Crippen molar-refractivity contribution in [3.63, 3.8) is 0 Å². The molecule has 1 unspecified atom stereocenters. The van der Waals surface area contributed by atoms with Crippen molar-refractivity contribution in [2.75, 3.05) is 56.1 Å². The van der Waals surface area contributed by atoms with E-state index in [1.54, 1.807) is 24.0 Å². The molecule has 3 saturated heterocycles. The number of halogens is 1. The number of likely N-dealkylation sites (tertiary alicyclic amines) is 2. The van der Waals surface area contributed by atoms with Gasteiger partial charge in [-0.05, 0) is 98.4 Å². The predicted molar refractivity (Wildman–Crippen MR) is 263 cm³/mol. The molecule has 5 aliphatic rings. The van der Waals surface area contributed by atoms with Gasteiger partial charge in [0.05, 0.1) is 38.6 Å². The van der Waals surface area contributed by atoms with Crippen molar-refractivity contribution in [2.45, 2.75) is 100 Å². The number of aromatic amines is 1. The third kappa shape index (κ3) is 9.56. The Morgan fingerprint density at radius 3 is 2.49 bits per heavy atom. The molecule has 5 N–H and O–H groups in total. The van der Waals surface area contributed by atoms with Crippen molar-refractivity contribution in [2.24, 2.45) is 11.3 Å². The fourth-order valence-electron chi connectivity index (χ4n) is 11.6. The maximum Gasteiger partial charge on any atom is 0.407 e. The number of carbonyl (C=O) groups excluding carboxylic acids is 1.